The molecule has 4 heteroatoms. The van der Waals surface area contributed by atoms with Crippen molar-refractivity contribution in [3.05, 3.63) is 17.0 Å². The highest BCUT2D eigenvalue weighted by molar-refractivity contribution is 5.22. The minimum Gasteiger partial charge on any atom is -0.312 e. The lowest BCUT2D eigenvalue weighted by Crippen LogP contribution is -2.34. The fourth-order valence-corrected chi connectivity index (χ4v) is 2.50. The molecule has 1 saturated heterocycles. The maximum Gasteiger partial charge on any atom is 0.0638 e. The van der Waals surface area contributed by atoms with Gasteiger partial charge >= 0.3 is 0 Å². The summed E-state index contributed by atoms with van der Waals surface area (Å²) in [6, 6.07) is 0. The molecule has 0 spiro atoms. The van der Waals surface area contributed by atoms with Crippen LogP contribution in [0, 0.1) is 19.8 Å². The average molecular weight is 236 g/mol. The fraction of sp³-hybridized carbons (Fsp3) is 0.769. The molecule has 1 aromatic rings. The molecule has 0 amide bonds. The van der Waals surface area contributed by atoms with Crippen molar-refractivity contribution < 1.29 is 0 Å². The molecule has 17 heavy (non-hydrogen) atoms. The number of H-pyrrole nitrogens is 1. The monoisotopic (exact) mass is 236 g/mol. The van der Waals surface area contributed by atoms with Crippen LogP contribution in [0.4, 0.5) is 0 Å². The van der Waals surface area contributed by atoms with Crippen LogP contribution in [-0.2, 0) is 6.54 Å². The van der Waals surface area contributed by atoms with E-state index >= 15 is 0 Å². The molecule has 0 bridgehead atoms. The van der Waals surface area contributed by atoms with Gasteiger partial charge in [-0.2, -0.15) is 5.10 Å². The molecule has 0 atom stereocenters. The van der Waals surface area contributed by atoms with Gasteiger partial charge in [0.2, 0.25) is 0 Å². The van der Waals surface area contributed by atoms with E-state index in [1.165, 1.54) is 37.2 Å². The zero-order chi connectivity index (χ0) is 12.3. The average Bonchev–Trinajstić information content (AvgIpc) is 2.63. The van der Waals surface area contributed by atoms with Gasteiger partial charge in [0.15, 0.2) is 0 Å². The molecule has 0 radical (unpaired) electrons. The van der Waals surface area contributed by atoms with Gasteiger partial charge in [-0.3, -0.25) is 5.10 Å². The first-order valence-corrected chi connectivity index (χ1v) is 6.56. The zero-order valence-corrected chi connectivity index (χ0v) is 11.2. The number of aromatic amines is 1. The smallest absolute Gasteiger partial charge is 0.0638 e. The number of rotatable bonds is 4. The van der Waals surface area contributed by atoms with Gasteiger partial charge in [0, 0.05) is 17.8 Å². The quantitative estimate of drug-likeness (QED) is 0.832. The highest BCUT2D eigenvalue weighted by atomic mass is 15.1. The molecular formula is C13H24N4. The second-order valence-electron chi connectivity index (χ2n) is 5.29. The van der Waals surface area contributed by atoms with Crippen LogP contribution in [0.15, 0.2) is 0 Å². The predicted molar refractivity (Wildman–Crippen MR) is 70.0 cm³/mol. The van der Waals surface area contributed by atoms with E-state index in [2.05, 4.69) is 41.3 Å². The molecule has 1 aliphatic heterocycles. The van der Waals surface area contributed by atoms with Gasteiger partial charge in [0.05, 0.1) is 5.69 Å². The first kappa shape index (κ1) is 12.6. The SMILES string of the molecule is Cc1n[nH]c(C)c1CNCC1CCN(C)CC1. The van der Waals surface area contributed by atoms with Crippen LogP contribution in [0.5, 0.6) is 0 Å². The summed E-state index contributed by atoms with van der Waals surface area (Å²) < 4.78 is 0. The van der Waals surface area contributed by atoms with Crippen molar-refractivity contribution in [3.63, 3.8) is 0 Å². The molecule has 2 N–H and O–H groups in total. The fourth-order valence-electron chi connectivity index (χ4n) is 2.50. The third kappa shape index (κ3) is 3.30. The number of likely N-dealkylation sites (tertiary alicyclic amines) is 1. The van der Waals surface area contributed by atoms with Gasteiger partial charge < -0.3 is 10.2 Å². The van der Waals surface area contributed by atoms with Crippen molar-refractivity contribution in [3.8, 4) is 0 Å². The molecule has 1 aliphatic rings. The Morgan fingerprint density at radius 3 is 2.65 bits per heavy atom. The molecule has 96 valence electrons. The van der Waals surface area contributed by atoms with Gasteiger partial charge in [-0.25, -0.2) is 0 Å². The molecular weight excluding hydrogens is 212 g/mol. The van der Waals surface area contributed by atoms with Gasteiger partial charge in [0.25, 0.3) is 0 Å². The molecule has 4 nitrogen and oxygen atoms in total. The molecule has 1 fully saturated rings. The Labute approximate surface area is 104 Å². The van der Waals surface area contributed by atoms with Gasteiger partial charge in [-0.15, -0.1) is 0 Å². The molecule has 2 heterocycles. The molecule has 0 unspecified atom stereocenters. The van der Waals surface area contributed by atoms with Crippen molar-refractivity contribution >= 4 is 0 Å². The third-order valence-corrected chi connectivity index (χ3v) is 3.85. The van der Waals surface area contributed by atoms with Crippen LogP contribution < -0.4 is 5.32 Å². The second kappa shape index (κ2) is 5.65. The molecule has 1 aromatic heterocycles. The van der Waals surface area contributed by atoms with Crippen LogP contribution >= 0.6 is 0 Å². The first-order valence-electron chi connectivity index (χ1n) is 6.56. The van der Waals surface area contributed by atoms with Gasteiger partial charge in [-0.1, -0.05) is 0 Å². The third-order valence-electron chi connectivity index (χ3n) is 3.85. The highest BCUT2D eigenvalue weighted by Gasteiger charge is 2.16. The number of aromatic nitrogens is 2. The van der Waals surface area contributed by atoms with Crippen molar-refractivity contribution in [1.29, 1.82) is 0 Å². The Morgan fingerprint density at radius 2 is 2.06 bits per heavy atom. The summed E-state index contributed by atoms with van der Waals surface area (Å²) in [5.41, 5.74) is 3.65. The van der Waals surface area contributed by atoms with E-state index in [0.717, 1.165) is 24.7 Å². The number of aryl methyl sites for hydroxylation is 2. The van der Waals surface area contributed by atoms with Gasteiger partial charge in [0.1, 0.15) is 0 Å². The maximum atomic E-state index is 4.22. The lowest BCUT2D eigenvalue weighted by molar-refractivity contribution is 0.216. The number of hydrogen-bond donors (Lipinski definition) is 2. The van der Waals surface area contributed by atoms with E-state index in [4.69, 9.17) is 0 Å². The van der Waals surface area contributed by atoms with Crippen molar-refractivity contribution in [1.82, 2.24) is 20.4 Å². The van der Waals surface area contributed by atoms with Crippen LogP contribution in [0.1, 0.15) is 29.8 Å². The Morgan fingerprint density at radius 1 is 1.35 bits per heavy atom. The Hall–Kier alpha value is -0.870. The zero-order valence-electron chi connectivity index (χ0n) is 11.2. The minimum atomic E-state index is 0.846. The van der Waals surface area contributed by atoms with Crippen LogP contribution in [0.3, 0.4) is 0 Å². The lowest BCUT2D eigenvalue weighted by Gasteiger charge is -2.29. The van der Waals surface area contributed by atoms with Crippen molar-refractivity contribution in [2.75, 3.05) is 26.7 Å². The molecule has 0 saturated carbocycles. The molecule has 0 aliphatic carbocycles. The normalized spacial score (nSPS) is 18.8. The summed E-state index contributed by atoms with van der Waals surface area (Å²) in [7, 11) is 2.21. The molecule has 2 rings (SSSR count). The standard InChI is InChI=1S/C13H24N4/c1-10-13(11(2)16-15-10)9-14-8-12-4-6-17(3)7-5-12/h12,14H,4-9H2,1-3H3,(H,15,16). The summed E-state index contributed by atoms with van der Waals surface area (Å²) in [6.45, 7) is 8.73. The Bertz CT molecular complexity index is 331. The number of hydrogen-bond acceptors (Lipinski definition) is 3. The molecule has 0 aromatic carbocycles. The Balaban J connectivity index is 1.73. The maximum absolute atomic E-state index is 4.22. The van der Waals surface area contributed by atoms with E-state index in [0.29, 0.717) is 0 Å². The Kier molecular flexibility index (Phi) is 4.18. The topological polar surface area (TPSA) is 44.0 Å². The van der Waals surface area contributed by atoms with E-state index in [-0.39, 0.29) is 0 Å². The predicted octanol–water partition coefficient (Wildman–Crippen LogP) is 1.46. The van der Waals surface area contributed by atoms with Gasteiger partial charge in [-0.05, 0) is 59.3 Å². The van der Waals surface area contributed by atoms with E-state index in [1.54, 1.807) is 0 Å². The van der Waals surface area contributed by atoms with E-state index in [1.807, 2.05) is 0 Å². The number of piperidine rings is 1. The van der Waals surface area contributed by atoms with E-state index in [9.17, 15) is 0 Å². The number of nitrogens with zero attached hydrogens (tertiary/aromatic N) is 2. The van der Waals surface area contributed by atoms with E-state index < -0.39 is 0 Å². The van der Waals surface area contributed by atoms with Crippen LogP contribution in [0.2, 0.25) is 0 Å². The highest BCUT2D eigenvalue weighted by Crippen LogP contribution is 2.15. The summed E-state index contributed by atoms with van der Waals surface area (Å²) in [6.07, 6.45) is 2.65. The summed E-state index contributed by atoms with van der Waals surface area (Å²) in [5.74, 6) is 0.846. The number of nitrogens with one attached hydrogen (secondary N) is 2. The van der Waals surface area contributed by atoms with Crippen molar-refractivity contribution in [2.24, 2.45) is 5.92 Å². The first-order chi connectivity index (χ1) is 8.16. The van der Waals surface area contributed by atoms with Crippen molar-refractivity contribution in [2.45, 2.75) is 33.2 Å². The minimum absolute atomic E-state index is 0.846. The van der Waals surface area contributed by atoms with Crippen LogP contribution in [0.25, 0.3) is 0 Å². The summed E-state index contributed by atoms with van der Waals surface area (Å²) in [5, 5.41) is 10.8. The largest absolute Gasteiger partial charge is 0.312 e. The summed E-state index contributed by atoms with van der Waals surface area (Å²) >= 11 is 0. The van der Waals surface area contributed by atoms with Crippen LogP contribution in [-0.4, -0.2) is 41.8 Å². The lowest BCUT2D eigenvalue weighted by atomic mass is 9.97. The summed E-state index contributed by atoms with van der Waals surface area (Å²) in [4.78, 5) is 2.42. The second-order valence-corrected chi connectivity index (χ2v) is 5.29.